The van der Waals surface area contributed by atoms with Crippen LogP contribution in [0.3, 0.4) is 0 Å². The van der Waals surface area contributed by atoms with E-state index in [9.17, 15) is 8.42 Å². The second kappa shape index (κ2) is 3.72. The van der Waals surface area contributed by atoms with Crippen molar-refractivity contribution < 1.29 is 8.42 Å². The molecule has 1 fully saturated rings. The van der Waals surface area contributed by atoms with Gasteiger partial charge in [-0.05, 0) is 25.3 Å². The minimum Gasteiger partial charge on any atom is -0.330 e. The van der Waals surface area contributed by atoms with Crippen molar-refractivity contribution in [3.05, 3.63) is 0 Å². The zero-order chi connectivity index (χ0) is 9.19. The Bertz CT molecular complexity index is 230. The summed E-state index contributed by atoms with van der Waals surface area (Å²) in [6, 6.07) is 0. The van der Waals surface area contributed by atoms with Gasteiger partial charge in [0.05, 0.1) is 6.26 Å². The molecule has 0 aromatic carbocycles. The predicted molar refractivity (Wildman–Crippen MR) is 48.2 cm³/mol. The molecule has 1 aliphatic heterocycles. The molecule has 0 aromatic heterocycles. The molecule has 2 N–H and O–H groups in total. The van der Waals surface area contributed by atoms with Gasteiger partial charge >= 0.3 is 0 Å². The van der Waals surface area contributed by atoms with Crippen LogP contribution >= 0.6 is 0 Å². The van der Waals surface area contributed by atoms with Crippen molar-refractivity contribution in [2.24, 2.45) is 11.7 Å². The zero-order valence-electron chi connectivity index (χ0n) is 7.36. The summed E-state index contributed by atoms with van der Waals surface area (Å²) in [7, 11) is -2.97. The smallest absolute Gasteiger partial charge is 0.211 e. The monoisotopic (exact) mass is 192 g/mol. The molecule has 0 unspecified atom stereocenters. The largest absolute Gasteiger partial charge is 0.330 e. The number of nitrogens with two attached hydrogens (primary N) is 1. The van der Waals surface area contributed by atoms with Crippen molar-refractivity contribution in [3.8, 4) is 0 Å². The number of sulfonamides is 1. The Morgan fingerprint density at radius 1 is 1.42 bits per heavy atom. The number of rotatable bonds is 2. The fourth-order valence-corrected chi connectivity index (χ4v) is 2.35. The van der Waals surface area contributed by atoms with Gasteiger partial charge in [0, 0.05) is 13.1 Å². The van der Waals surface area contributed by atoms with E-state index >= 15 is 0 Å². The Morgan fingerprint density at radius 2 is 1.92 bits per heavy atom. The Balaban J connectivity index is 2.47. The molecule has 0 bridgehead atoms. The normalized spacial score (nSPS) is 22.8. The predicted octanol–water partition coefficient (Wildman–Crippen LogP) is -0.383. The van der Waals surface area contributed by atoms with Gasteiger partial charge in [-0.15, -0.1) is 0 Å². The summed E-state index contributed by atoms with van der Waals surface area (Å²) in [6.45, 7) is 1.96. The first kappa shape index (κ1) is 9.95. The van der Waals surface area contributed by atoms with Crippen LogP contribution in [0.5, 0.6) is 0 Å². The topological polar surface area (TPSA) is 63.4 Å². The fourth-order valence-electron chi connectivity index (χ4n) is 1.48. The first-order valence-electron chi connectivity index (χ1n) is 4.19. The second-order valence-electron chi connectivity index (χ2n) is 3.34. The molecule has 1 heterocycles. The third-order valence-electron chi connectivity index (χ3n) is 2.38. The van der Waals surface area contributed by atoms with Gasteiger partial charge in [-0.2, -0.15) is 0 Å². The van der Waals surface area contributed by atoms with Crippen LogP contribution in [-0.2, 0) is 10.0 Å². The van der Waals surface area contributed by atoms with Gasteiger partial charge in [-0.3, -0.25) is 0 Å². The number of hydrogen-bond acceptors (Lipinski definition) is 3. The minimum atomic E-state index is -2.97. The van der Waals surface area contributed by atoms with Crippen molar-refractivity contribution in [1.82, 2.24) is 4.31 Å². The van der Waals surface area contributed by atoms with E-state index in [1.807, 2.05) is 0 Å². The lowest BCUT2D eigenvalue weighted by molar-refractivity contribution is 0.280. The molecule has 1 rings (SSSR count). The average molecular weight is 192 g/mol. The van der Waals surface area contributed by atoms with E-state index < -0.39 is 10.0 Å². The Kier molecular flexibility index (Phi) is 3.09. The molecule has 5 heteroatoms. The van der Waals surface area contributed by atoms with Crippen LogP contribution in [0.1, 0.15) is 12.8 Å². The van der Waals surface area contributed by atoms with Crippen molar-refractivity contribution in [2.75, 3.05) is 25.9 Å². The first-order chi connectivity index (χ1) is 5.54. The minimum absolute atomic E-state index is 0.517. The van der Waals surface area contributed by atoms with Crippen molar-refractivity contribution in [3.63, 3.8) is 0 Å². The third kappa shape index (κ3) is 2.43. The van der Waals surface area contributed by atoms with Gasteiger partial charge in [-0.25, -0.2) is 12.7 Å². The maximum atomic E-state index is 11.1. The molecule has 0 atom stereocenters. The van der Waals surface area contributed by atoms with E-state index in [4.69, 9.17) is 5.73 Å². The van der Waals surface area contributed by atoms with Crippen LogP contribution < -0.4 is 5.73 Å². The van der Waals surface area contributed by atoms with E-state index in [1.165, 1.54) is 10.6 Å². The van der Waals surface area contributed by atoms with E-state index in [1.54, 1.807) is 0 Å². The number of nitrogens with zero attached hydrogens (tertiary/aromatic N) is 1. The molecule has 0 amide bonds. The summed E-state index contributed by atoms with van der Waals surface area (Å²) in [5.41, 5.74) is 5.49. The summed E-state index contributed by atoms with van der Waals surface area (Å²) < 4.78 is 23.7. The maximum Gasteiger partial charge on any atom is 0.211 e. The molecule has 0 aliphatic carbocycles. The van der Waals surface area contributed by atoms with Gasteiger partial charge in [0.2, 0.25) is 10.0 Å². The van der Waals surface area contributed by atoms with Crippen LogP contribution in [0.2, 0.25) is 0 Å². The second-order valence-corrected chi connectivity index (χ2v) is 5.32. The first-order valence-corrected chi connectivity index (χ1v) is 6.04. The molecular weight excluding hydrogens is 176 g/mol. The summed E-state index contributed by atoms with van der Waals surface area (Å²) in [4.78, 5) is 0. The number of hydrogen-bond donors (Lipinski definition) is 1. The molecule has 72 valence electrons. The highest BCUT2D eigenvalue weighted by Crippen LogP contribution is 2.17. The lowest BCUT2D eigenvalue weighted by atomic mass is 9.99. The number of piperidine rings is 1. The van der Waals surface area contributed by atoms with E-state index in [-0.39, 0.29) is 0 Å². The van der Waals surface area contributed by atoms with E-state index in [2.05, 4.69) is 0 Å². The molecule has 1 aliphatic rings. The van der Waals surface area contributed by atoms with Crippen molar-refractivity contribution in [1.29, 1.82) is 0 Å². The molecule has 0 radical (unpaired) electrons. The van der Waals surface area contributed by atoms with Crippen molar-refractivity contribution >= 4 is 10.0 Å². The van der Waals surface area contributed by atoms with Crippen LogP contribution in [0.25, 0.3) is 0 Å². The Morgan fingerprint density at radius 3 is 2.25 bits per heavy atom. The quantitative estimate of drug-likeness (QED) is 0.648. The molecule has 0 spiro atoms. The summed E-state index contributed by atoms with van der Waals surface area (Å²) in [5, 5.41) is 0. The fraction of sp³-hybridized carbons (Fsp3) is 1.00. The molecule has 0 aromatic rings. The standard InChI is InChI=1S/C7H16N2O2S/c1-12(10,11)9-4-2-7(6-8)3-5-9/h7H,2-6,8H2,1H3. The van der Waals surface area contributed by atoms with Crippen LogP contribution in [0.15, 0.2) is 0 Å². The highest BCUT2D eigenvalue weighted by atomic mass is 32.2. The zero-order valence-corrected chi connectivity index (χ0v) is 8.18. The molecule has 4 nitrogen and oxygen atoms in total. The molecule has 0 saturated carbocycles. The molecule has 1 saturated heterocycles. The van der Waals surface area contributed by atoms with Gasteiger partial charge in [-0.1, -0.05) is 0 Å². The molecule has 12 heavy (non-hydrogen) atoms. The third-order valence-corrected chi connectivity index (χ3v) is 3.68. The van der Waals surface area contributed by atoms with Crippen LogP contribution in [0, 0.1) is 5.92 Å². The van der Waals surface area contributed by atoms with Gasteiger partial charge in [0.15, 0.2) is 0 Å². The van der Waals surface area contributed by atoms with E-state index in [0.29, 0.717) is 25.6 Å². The highest BCUT2D eigenvalue weighted by molar-refractivity contribution is 7.88. The lowest BCUT2D eigenvalue weighted by Crippen LogP contribution is -2.39. The summed E-state index contributed by atoms with van der Waals surface area (Å²) in [6.07, 6.45) is 3.07. The van der Waals surface area contributed by atoms with E-state index in [0.717, 1.165) is 12.8 Å². The van der Waals surface area contributed by atoms with Crippen LogP contribution in [0.4, 0.5) is 0 Å². The summed E-state index contributed by atoms with van der Waals surface area (Å²) in [5.74, 6) is 0.517. The SMILES string of the molecule is CS(=O)(=O)N1CCC(CN)CC1. The maximum absolute atomic E-state index is 11.1. The lowest BCUT2D eigenvalue weighted by Gasteiger charge is -2.29. The van der Waals surface area contributed by atoms with Gasteiger partial charge in [0.1, 0.15) is 0 Å². The van der Waals surface area contributed by atoms with Crippen LogP contribution in [-0.4, -0.2) is 38.6 Å². The Labute approximate surface area is 73.8 Å². The van der Waals surface area contributed by atoms with Gasteiger partial charge < -0.3 is 5.73 Å². The molecular formula is C7H16N2O2S. The highest BCUT2D eigenvalue weighted by Gasteiger charge is 2.23. The van der Waals surface area contributed by atoms with Gasteiger partial charge in [0.25, 0.3) is 0 Å². The van der Waals surface area contributed by atoms with Crippen molar-refractivity contribution in [2.45, 2.75) is 12.8 Å². The summed E-state index contributed by atoms with van der Waals surface area (Å²) >= 11 is 0. The average Bonchev–Trinajstić information content (AvgIpc) is 2.03. The Hall–Kier alpha value is -0.130.